The maximum Gasteiger partial charge on any atom is 0.267 e. The number of fused-ring (bicyclic) bond motifs is 2. The van der Waals surface area contributed by atoms with Crippen molar-refractivity contribution in [2.45, 2.75) is 51.1 Å². The van der Waals surface area contributed by atoms with E-state index in [9.17, 15) is 9.59 Å². The molecule has 2 aliphatic rings. The summed E-state index contributed by atoms with van der Waals surface area (Å²) in [7, 11) is 0. The Balaban J connectivity index is 1.39. The Morgan fingerprint density at radius 3 is 2.93 bits per heavy atom. The first-order valence-electron chi connectivity index (χ1n) is 10.2. The molecule has 1 fully saturated rings. The number of amides is 1. The van der Waals surface area contributed by atoms with Gasteiger partial charge in [0, 0.05) is 30.5 Å². The van der Waals surface area contributed by atoms with Gasteiger partial charge in [-0.1, -0.05) is 6.07 Å². The fraction of sp³-hybridized carbons (Fsp3) is 0.409. The molecule has 0 bridgehead atoms. The average molecular weight is 376 g/mol. The number of hydrogen-bond acceptors (Lipinski definition) is 3. The molecule has 0 saturated carbocycles. The van der Waals surface area contributed by atoms with Crippen LogP contribution < -0.4 is 5.56 Å². The first-order chi connectivity index (χ1) is 13.7. The van der Waals surface area contributed by atoms with Gasteiger partial charge in [0.2, 0.25) is 0 Å². The van der Waals surface area contributed by atoms with Crippen LogP contribution in [0.3, 0.4) is 0 Å². The van der Waals surface area contributed by atoms with E-state index < -0.39 is 0 Å². The molecule has 4 heterocycles. The smallest absolute Gasteiger partial charge is 0.267 e. The summed E-state index contributed by atoms with van der Waals surface area (Å²) in [6.45, 7) is 1.21. The van der Waals surface area contributed by atoms with Gasteiger partial charge in [-0.05, 0) is 62.3 Å². The predicted octanol–water partition coefficient (Wildman–Crippen LogP) is 2.68. The van der Waals surface area contributed by atoms with Gasteiger partial charge in [-0.15, -0.1) is 0 Å². The lowest BCUT2D eigenvalue weighted by atomic mass is 9.97. The number of hydrogen-bond donors (Lipinski definition) is 0. The minimum atomic E-state index is -0.0467. The number of carbonyl (C=O) groups excluding carboxylic acids is 1. The van der Waals surface area contributed by atoms with Gasteiger partial charge in [0.05, 0.1) is 23.8 Å². The second-order valence-corrected chi connectivity index (χ2v) is 7.90. The SMILES string of the molecule is O=C(c1cc2ccccn2c1)N1CCCC1Cn1nc2c(cc1=O)CCCC2. The molecule has 1 aliphatic heterocycles. The molecule has 1 saturated heterocycles. The van der Waals surface area contributed by atoms with Crippen molar-refractivity contribution in [2.75, 3.05) is 6.54 Å². The van der Waals surface area contributed by atoms with Crippen molar-refractivity contribution in [3.63, 3.8) is 0 Å². The Hall–Kier alpha value is -2.89. The van der Waals surface area contributed by atoms with Crippen LogP contribution in [0.25, 0.3) is 5.52 Å². The Kier molecular flexibility index (Phi) is 4.26. The van der Waals surface area contributed by atoms with Crippen LogP contribution in [0.2, 0.25) is 0 Å². The van der Waals surface area contributed by atoms with Gasteiger partial charge >= 0.3 is 0 Å². The second kappa shape index (κ2) is 6.93. The molecule has 0 aromatic carbocycles. The van der Waals surface area contributed by atoms with Crippen molar-refractivity contribution >= 4 is 11.4 Å². The van der Waals surface area contributed by atoms with E-state index in [1.165, 1.54) is 0 Å². The number of nitrogens with zero attached hydrogens (tertiary/aromatic N) is 4. The zero-order valence-corrected chi connectivity index (χ0v) is 15.9. The van der Waals surface area contributed by atoms with Crippen molar-refractivity contribution in [3.05, 3.63) is 69.9 Å². The van der Waals surface area contributed by atoms with Crippen molar-refractivity contribution in [1.82, 2.24) is 19.1 Å². The summed E-state index contributed by atoms with van der Waals surface area (Å²) in [6, 6.07) is 9.62. The van der Waals surface area contributed by atoms with Gasteiger partial charge in [0.1, 0.15) is 0 Å². The average Bonchev–Trinajstić information content (AvgIpc) is 3.34. The molecule has 1 unspecified atom stereocenters. The quantitative estimate of drug-likeness (QED) is 0.706. The maximum atomic E-state index is 13.1. The summed E-state index contributed by atoms with van der Waals surface area (Å²) in [4.78, 5) is 27.6. The van der Waals surface area contributed by atoms with Gasteiger partial charge < -0.3 is 9.30 Å². The van der Waals surface area contributed by atoms with Crippen molar-refractivity contribution in [1.29, 1.82) is 0 Å². The monoisotopic (exact) mass is 376 g/mol. The van der Waals surface area contributed by atoms with Crippen LogP contribution >= 0.6 is 0 Å². The zero-order valence-electron chi connectivity index (χ0n) is 15.9. The lowest BCUT2D eigenvalue weighted by Gasteiger charge is -2.25. The predicted molar refractivity (Wildman–Crippen MR) is 107 cm³/mol. The molecule has 3 aromatic heterocycles. The number of carbonyl (C=O) groups is 1. The molecule has 1 amide bonds. The number of pyridine rings is 1. The van der Waals surface area contributed by atoms with Gasteiger partial charge in [0.15, 0.2) is 0 Å². The molecule has 5 rings (SSSR count). The summed E-state index contributed by atoms with van der Waals surface area (Å²) < 4.78 is 3.55. The van der Waals surface area contributed by atoms with E-state index in [1.807, 2.05) is 46.0 Å². The zero-order chi connectivity index (χ0) is 19.1. The number of aromatic nitrogens is 3. The third-order valence-corrected chi connectivity index (χ3v) is 6.05. The largest absolute Gasteiger partial charge is 0.334 e. The third-order valence-electron chi connectivity index (χ3n) is 6.05. The Morgan fingerprint density at radius 1 is 1.14 bits per heavy atom. The first kappa shape index (κ1) is 17.2. The first-order valence-corrected chi connectivity index (χ1v) is 10.2. The van der Waals surface area contributed by atoms with E-state index in [4.69, 9.17) is 0 Å². The van der Waals surface area contributed by atoms with Crippen LogP contribution in [-0.4, -0.2) is 37.6 Å². The van der Waals surface area contributed by atoms with Crippen molar-refractivity contribution in [3.8, 4) is 0 Å². The fourth-order valence-corrected chi connectivity index (χ4v) is 4.56. The minimum Gasteiger partial charge on any atom is -0.334 e. The normalized spacial score (nSPS) is 19.1. The van der Waals surface area contributed by atoms with Crippen molar-refractivity contribution < 1.29 is 4.79 Å². The maximum absolute atomic E-state index is 13.1. The van der Waals surface area contributed by atoms with E-state index in [0.717, 1.165) is 61.8 Å². The summed E-state index contributed by atoms with van der Waals surface area (Å²) in [6.07, 6.45) is 9.87. The summed E-state index contributed by atoms with van der Waals surface area (Å²) in [5.74, 6) is 0.0391. The molecular formula is C22H24N4O2. The number of rotatable bonds is 3. The van der Waals surface area contributed by atoms with E-state index in [0.29, 0.717) is 12.1 Å². The highest BCUT2D eigenvalue weighted by atomic mass is 16.2. The fourth-order valence-electron chi connectivity index (χ4n) is 4.56. The molecule has 0 radical (unpaired) electrons. The third kappa shape index (κ3) is 3.03. The molecule has 0 spiro atoms. The van der Waals surface area contributed by atoms with Crippen LogP contribution in [0.15, 0.2) is 47.5 Å². The Morgan fingerprint density at radius 2 is 2.04 bits per heavy atom. The topological polar surface area (TPSA) is 59.6 Å². The molecule has 6 nitrogen and oxygen atoms in total. The van der Waals surface area contributed by atoms with E-state index in [2.05, 4.69) is 5.10 Å². The van der Waals surface area contributed by atoms with Crippen LogP contribution in [-0.2, 0) is 19.4 Å². The molecule has 144 valence electrons. The summed E-state index contributed by atoms with van der Waals surface area (Å²) in [5, 5.41) is 4.64. The van der Waals surface area contributed by atoms with Gasteiger partial charge in [0.25, 0.3) is 11.5 Å². The molecule has 3 aromatic rings. The van der Waals surface area contributed by atoms with Crippen LogP contribution in [0, 0.1) is 0 Å². The molecule has 6 heteroatoms. The van der Waals surface area contributed by atoms with Crippen LogP contribution in [0.5, 0.6) is 0 Å². The van der Waals surface area contributed by atoms with Crippen LogP contribution in [0.4, 0.5) is 0 Å². The molecular weight excluding hydrogens is 352 g/mol. The number of likely N-dealkylation sites (tertiary alicyclic amines) is 1. The standard InChI is InChI=1S/C22H24N4O2/c27-21-13-16-6-1-2-9-20(16)23-26(21)15-19-8-5-11-25(19)22(28)17-12-18-7-3-4-10-24(18)14-17/h3-4,7,10,12-14,19H,1-2,5-6,8-9,11,15H2. The molecule has 0 N–H and O–H groups in total. The molecule has 1 aliphatic carbocycles. The Bertz CT molecular complexity index is 1060. The van der Waals surface area contributed by atoms with Gasteiger partial charge in [-0.25, -0.2) is 4.68 Å². The lowest BCUT2D eigenvalue weighted by molar-refractivity contribution is 0.0720. The van der Waals surface area contributed by atoms with Gasteiger partial charge in [-0.3, -0.25) is 9.59 Å². The lowest BCUT2D eigenvalue weighted by Crippen LogP contribution is -2.41. The van der Waals surface area contributed by atoms with Gasteiger partial charge in [-0.2, -0.15) is 5.10 Å². The summed E-state index contributed by atoms with van der Waals surface area (Å²) >= 11 is 0. The second-order valence-electron chi connectivity index (χ2n) is 7.90. The molecule has 1 atom stereocenters. The highest BCUT2D eigenvalue weighted by Gasteiger charge is 2.31. The minimum absolute atomic E-state index is 0.0161. The van der Waals surface area contributed by atoms with E-state index in [1.54, 1.807) is 10.7 Å². The van der Waals surface area contributed by atoms with E-state index >= 15 is 0 Å². The van der Waals surface area contributed by atoms with Crippen molar-refractivity contribution in [2.24, 2.45) is 0 Å². The number of aryl methyl sites for hydroxylation is 2. The molecule has 28 heavy (non-hydrogen) atoms. The highest BCUT2D eigenvalue weighted by Crippen LogP contribution is 2.23. The summed E-state index contributed by atoms with van der Waals surface area (Å²) in [5.41, 5.74) is 3.82. The van der Waals surface area contributed by atoms with Crippen LogP contribution in [0.1, 0.15) is 47.3 Å². The highest BCUT2D eigenvalue weighted by molar-refractivity contribution is 5.96. The van der Waals surface area contributed by atoms with E-state index in [-0.39, 0.29) is 17.5 Å². The Labute approximate surface area is 163 Å².